The lowest BCUT2D eigenvalue weighted by Crippen LogP contribution is -2.29. The summed E-state index contributed by atoms with van der Waals surface area (Å²) in [5, 5.41) is 10.2. The molecule has 0 aliphatic rings. The summed E-state index contributed by atoms with van der Waals surface area (Å²) >= 11 is 5.58. The molecule has 1 rings (SSSR count). The van der Waals surface area contributed by atoms with Crippen molar-refractivity contribution < 1.29 is 21.8 Å². The molecule has 1 N–H and O–H groups in total. The number of nitrogens with zero attached hydrogens (tertiary/aromatic N) is 1. The summed E-state index contributed by atoms with van der Waals surface area (Å²) in [5.41, 5.74) is -0.520. The average molecular weight is 315 g/mol. The van der Waals surface area contributed by atoms with Gasteiger partial charge in [0.25, 0.3) is 15.7 Å². The number of nitrogens with one attached hydrogen (secondary N) is 1. The van der Waals surface area contributed by atoms with Crippen molar-refractivity contribution in [3.8, 4) is 0 Å². The molecule has 0 amide bonds. The van der Waals surface area contributed by atoms with E-state index < -0.39 is 35.6 Å². The zero-order valence-electron chi connectivity index (χ0n) is 8.82. The van der Waals surface area contributed by atoms with Crippen molar-refractivity contribution in [2.24, 2.45) is 0 Å². The van der Waals surface area contributed by atoms with Gasteiger partial charge in [-0.3, -0.25) is 10.1 Å². The highest BCUT2D eigenvalue weighted by Gasteiger charge is 2.24. The van der Waals surface area contributed by atoms with Crippen molar-refractivity contribution in [3.05, 3.63) is 33.3 Å². The summed E-state index contributed by atoms with van der Waals surface area (Å²) in [6, 6.07) is 2.67. The highest BCUT2D eigenvalue weighted by atomic mass is 35.5. The monoisotopic (exact) mass is 314 g/mol. The number of halogens is 1. The van der Waals surface area contributed by atoms with E-state index in [2.05, 4.69) is 0 Å². The largest absolute Gasteiger partial charge is 0.270 e. The quantitative estimate of drug-likeness (QED) is 0.637. The van der Waals surface area contributed by atoms with Gasteiger partial charge in [0.2, 0.25) is 10.0 Å². The first-order chi connectivity index (χ1) is 8.03. The van der Waals surface area contributed by atoms with Crippen molar-refractivity contribution in [3.63, 3.8) is 0 Å². The van der Waals surface area contributed by atoms with Crippen LogP contribution in [-0.4, -0.2) is 28.0 Å². The molecule has 0 unspecified atom stereocenters. The maximum absolute atomic E-state index is 11.6. The minimum atomic E-state index is -4.48. The molecule has 11 heteroatoms. The lowest BCUT2D eigenvalue weighted by molar-refractivity contribution is -0.385. The number of nitro groups is 1. The summed E-state index contributed by atoms with van der Waals surface area (Å²) < 4.78 is 46.4. The number of benzene rings is 1. The molecular formula is C7H7ClN2O6S2. The number of non-ortho nitro benzene ring substituents is 1. The zero-order chi connectivity index (χ0) is 14.1. The standard InChI is InChI=1S/C7H7ClN2O6S2/c1-17(13,14)9-18(15,16)7-4-5(10(11)12)2-3-6(7)8/h2-4,9H,1H3. The summed E-state index contributed by atoms with van der Waals surface area (Å²) in [5.74, 6) is 0. The van der Waals surface area contributed by atoms with Crippen LogP contribution >= 0.6 is 11.6 Å². The van der Waals surface area contributed by atoms with E-state index in [-0.39, 0.29) is 5.02 Å². The molecule has 0 aliphatic carbocycles. The Hall–Kier alpha value is -1.23. The molecule has 0 saturated carbocycles. The van der Waals surface area contributed by atoms with Crippen LogP contribution in [0, 0.1) is 10.1 Å². The second-order valence-corrected chi connectivity index (χ2v) is 7.30. The third-order valence-corrected chi connectivity index (χ3v) is 5.12. The second-order valence-electron chi connectivity index (χ2n) is 3.23. The molecule has 1 aromatic carbocycles. The van der Waals surface area contributed by atoms with E-state index in [0.29, 0.717) is 12.3 Å². The van der Waals surface area contributed by atoms with Gasteiger partial charge < -0.3 is 0 Å². The van der Waals surface area contributed by atoms with Gasteiger partial charge in [-0.15, -0.1) is 4.13 Å². The number of rotatable bonds is 4. The Kier molecular flexibility index (Phi) is 3.96. The van der Waals surface area contributed by atoms with Gasteiger partial charge in [-0.05, 0) is 6.07 Å². The van der Waals surface area contributed by atoms with Crippen LogP contribution in [-0.2, 0) is 20.0 Å². The molecule has 1 aromatic rings. The fraction of sp³-hybridized carbons (Fsp3) is 0.143. The van der Waals surface area contributed by atoms with Crippen LogP contribution in [0.1, 0.15) is 0 Å². The smallest absolute Gasteiger partial charge is 0.258 e. The van der Waals surface area contributed by atoms with Crippen LogP contribution in [0.3, 0.4) is 0 Å². The topological polar surface area (TPSA) is 123 Å². The van der Waals surface area contributed by atoms with Crippen LogP contribution in [0.15, 0.2) is 23.1 Å². The van der Waals surface area contributed by atoms with Crippen LogP contribution in [0.5, 0.6) is 0 Å². The third-order valence-electron chi connectivity index (χ3n) is 1.68. The average Bonchev–Trinajstić information content (AvgIpc) is 2.13. The number of nitro benzene ring substituents is 1. The fourth-order valence-corrected chi connectivity index (χ4v) is 4.03. The summed E-state index contributed by atoms with van der Waals surface area (Å²) in [7, 11) is -8.53. The third kappa shape index (κ3) is 3.63. The summed E-state index contributed by atoms with van der Waals surface area (Å²) in [4.78, 5) is 9.00. The van der Waals surface area contributed by atoms with Crippen molar-refractivity contribution in [2.75, 3.05) is 6.26 Å². The molecule has 0 aromatic heterocycles. The molecule has 0 saturated heterocycles. The fourth-order valence-electron chi connectivity index (χ4n) is 1.06. The Labute approximate surface area is 108 Å². The Bertz CT molecular complexity index is 697. The van der Waals surface area contributed by atoms with Crippen molar-refractivity contribution >= 4 is 37.3 Å². The lowest BCUT2D eigenvalue weighted by atomic mass is 10.3. The molecule has 18 heavy (non-hydrogen) atoms. The Balaban J connectivity index is 3.41. The number of hydrogen-bond acceptors (Lipinski definition) is 6. The van der Waals surface area contributed by atoms with E-state index in [0.717, 1.165) is 12.1 Å². The molecule has 8 nitrogen and oxygen atoms in total. The van der Waals surface area contributed by atoms with Gasteiger partial charge in [0.05, 0.1) is 16.2 Å². The van der Waals surface area contributed by atoms with Crippen LogP contribution in [0.2, 0.25) is 5.02 Å². The van der Waals surface area contributed by atoms with E-state index in [9.17, 15) is 26.9 Å². The molecule has 0 aliphatic heterocycles. The zero-order valence-corrected chi connectivity index (χ0v) is 11.2. The molecule has 100 valence electrons. The van der Waals surface area contributed by atoms with Gasteiger partial charge in [-0.25, -0.2) is 16.8 Å². The SMILES string of the molecule is CS(=O)(=O)NS(=O)(=O)c1cc([N+](=O)[O-])ccc1Cl. The normalized spacial score (nSPS) is 12.3. The highest BCUT2D eigenvalue weighted by Crippen LogP contribution is 2.26. The highest BCUT2D eigenvalue weighted by molar-refractivity contribution is 8.04. The van der Waals surface area contributed by atoms with Gasteiger partial charge in [0, 0.05) is 12.1 Å². The van der Waals surface area contributed by atoms with Crippen molar-refractivity contribution in [1.29, 1.82) is 0 Å². The van der Waals surface area contributed by atoms with Crippen LogP contribution in [0.4, 0.5) is 5.69 Å². The molecule has 0 radical (unpaired) electrons. The number of sulfonamides is 2. The van der Waals surface area contributed by atoms with Crippen LogP contribution < -0.4 is 4.13 Å². The van der Waals surface area contributed by atoms with Crippen molar-refractivity contribution in [1.82, 2.24) is 4.13 Å². The number of hydrogen-bond donors (Lipinski definition) is 1. The van der Waals surface area contributed by atoms with E-state index >= 15 is 0 Å². The van der Waals surface area contributed by atoms with E-state index in [4.69, 9.17) is 11.6 Å². The lowest BCUT2D eigenvalue weighted by Gasteiger charge is -2.06. The molecule has 0 atom stereocenters. The first kappa shape index (κ1) is 14.8. The molecular weight excluding hydrogens is 308 g/mol. The van der Waals surface area contributed by atoms with E-state index in [1.54, 1.807) is 0 Å². The maximum atomic E-state index is 11.6. The van der Waals surface area contributed by atoms with Crippen molar-refractivity contribution in [2.45, 2.75) is 4.90 Å². The first-order valence-electron chi connectivity index (χ1n) is 4.20. The summed E-state index contributed by atoms with van der Waals surface area (Å²) in [6.45, 7) is 0. The first-order valence-corrected chi connectivity index (χ1v) is 7.96. The van der Waals surface area contributed by atoms with Gasteiger partial charge in [-0.1, -0.05) is 11.6 Å². The van der Waals surface area contributed by atoms with Gasteiger partial charge in [0.15, 0.2) is 0 Å². The van der Waals surface area contributed by atoms with E-state index in [1.807, 2.05) is 0 Å². The Morgan fingerprint density at radius 2 is 1.83 bits per heavy atom. The molecule has 0 heterocycles. The second kappa shape index (κ2) is 4.80. The Morgan fingerprint density at radius 1 is 1.28 bits per heavy atom. The minimum Gasteiger partial charge on any atom is -0.258 e. The Morgan fingerprint density at radius 3 is 2.28 bits per heavy atom. The maximum Gasteiger partial charge on any atom is 0.270 e. The molecule has 0 spiro atoms. The molecule has 0 bridgehead atoms. The summed E-state index contributed by atoms with van der Waals surface area (Å²) in [6.07, 6.45) is 0.635. The minimum absolute atomic E-state index is 0.322. The predicted octanol–water partition coefficient (Wildman–Crippen LogP) is 0.486. The predicted molar refractivity (Wildman–Crippen MR) is 63.3 cm³/mol. The van der Waals surface area contributed by atoms with E-state index in [1.165, 1.54) is 4.13 Å². The van der Waals surface area contributed by atoms with Gasteiger partial charge in [-0.2, -0.15) is 0 Å². The van der Waals surface area contributed by atoms with Crippen LogP contribution in [0.25, 0.3) is 0 Å². The van der Waals surface area contributed by atoms with Gasteiger partial charge in [0.1, 0.15) is 4.90 Å². The van der Waals surface area contributed by atoms with Gasteiger partial charge >= 0.3 is 0 Å². The molecule has 0 fully saturated rings.